The van der Waals surface area contributed by atoms with Crippen LogP contribution in [0.5, 0.6) is 0 Å². The van der Waals surface area contributed by atoms with Gasteiger partial charge in [0.2, 0.25) is 0 Å². The molecule has 3 nitrogen and oxygen atoms in total. The maximum absolute atomic E-state index is 10.9. The van der Waals surface area contributed by atoms with Crippen molar-refractivity contribution in [3.63, 3.8) is 0 Å². The number of hydrogen-bond acceptors (Lipinski definition) is 2. The second-order valence-electron chi connectivity index (χ2n) is 3.90. The summed E-state index contributed by atoms with van der Waals surface area (Å²) >= 11 is 0. The molecule has 1 N–H and O–H groups in total. The molecule has 2 unspecified atom stereocenters. The first-order valence-corrected chi connectivity index (χ1v) is 5.09. The summed E-state index contributed by atoms with van der Waals surface area (Å²) in [6.07, 6.45) is 4.17. The Bertz CT molecular complexity index is 182. The van der Waals surface area contributed by atoms with Crippen molar-refractivity contribution >= 4 is 5.97 Å². The highest BCUT2D eigenvalue weighted by Gasteiger charge is 2.30. The molecule has 76 valence electrons. The van der Waals surface area contributed by atoms with E-state index in [-0.39, 0.29) is 12.0 Å². The molecule has 0 aromatic rings. The van der Waals surface area contributed by atoms with Crippen LogP contribution in [-0.4, -0.2) is 35.6 Å². The third kappa shape index (κ3) is 2.44. The van der Waals surface area contributed by atoms with E-state index in [4.69, 9.17) is 5.11 Å². The summed E-state index contributed by atoms with van der Waals surface area (Å²) in [6, 6.07) is 0.260. The van der Waals surface area contributed by atoms with Crippen LogP contribution in [0.3, 0.4) is 0 Å². The summed E-state index contributed by atoms with van der Waals surface area (Å²) in [5.74, 6) is -0.813. The van der Waals surface area contributed by atoms with Crippen LogP contribution in [-0.2, 0) is 4.79 Å². The zero-order chi connectivity index (χ0) is 9.84. The number of likely N-dealkylation sites (tertiary alicyclic amines) is 1. The first kappa shape index (κ1) is 10.5. The van der Waals surface area contributed by atoms with Gasteiger partial charge in [-0.3, -0.25) is 4.79 Å². The Balaban J connectivity index is 2.60. The minimum Gasteiger partial charge on any atom is -0.481 e. The lowest BCUT2D eigenvalue weighted by Gasteiger charge is -2.35. The SMILES string of the molecule is CCC(C(=O)O)C1CCCCN1C. The van der Waals surface area contributed by atoms with Crippen LogP contribution in [0.25, 0.3) is 0 Å². The largest absolute Gasteiger partial charge is 0.481 e. The maximum Gasteiger partial charge on any atom is 0.308 e. The lowest BCUT2D eigenvalue weighted by molar-refractivity contribution is -0.144. The Morgan fingerprint density at radius 1 is 1.62 bits per heavy atom. The molecular weight excluding hydrogens is 166 g/mol. The van der Waals surface area contributed by atoms with Crippen LogP contribution in [0, 0.1) is 5.92 Å². The molecule has 2 atom stereocenters. The molecule has 0 radical (unpaired) electrons. The first-order valence-electron chi connectivity index (χ1n) is 5.09. The van der Waals surface area contributed by atoms with E-state index in [1.165, 1.54) is 12.8 Å². The van der Waals surface area contributed by atoms with Gasteiger partial charge in [-0.15, -0.1) is 0 Å². The highest BCUT2D eigenvalue weighted by atomic mass is 16.4. The van der Waals surface area contributed by atoms with E-state index in [1.54, 1.807) is 0 Å². The standard InChI is InChI=1S/C10H19NO2/c1-3-8(10(12)13)9-6-4-5-7-11(9)2/h8-9H,3-7H2,1-2H3,(H,12,13). The summed E-state index contributed by atoms with van der Waals surface area (Å²) < 4.78 is 0. The third-order valence-electron chi connectivity index (χ3n) is 3.05. The molecule has 1 rings (SSSR count). The number of piperidine rings is 1. The number of rotatable bonds is 3. The number of carboxylic acids is 1. The lowest BCUT2D eigenvalue weighted by Crippen LogP contribution is -2.44. The van der Waals surface area contributed by atoms with E-state index >= 15 is 0 Å². The van der Waals surface area contributed by atoms with Gasteiger partial charge in [0.15, 0.2) is 0 Å². The Labute approximate surface area is 79.7 Å². The molecule has 0 aromatic carbocycles. The van der Waals surface area contributed by atoms with Crippen molar-refractivity contribution in [1.29, 1.82) is 0 Å². The highest BCUT2D eigenvalue weighted by molar-refractivity contribution is 5.70. The molecule has 0 saturated carbocycles. The molecule has 0 aromatic heterocycles. The molecule has 0 aliphatic carbocycles. The van der Waals surface area contributed by atoms with E-state index in [9.17, 15) is 4.79 Å². The molecule has 1 saturated heterocycles. The van der Waals surface area contributed by atoms with E-state index in [2.05, 4.69) is 4.90 Å². The Morgan fingerprint density at radius 3 is 2.77 bits per heavy atom. The van der Waals surface area contributed by atoms with Crippen LogP contribution in [0.4, 0.5) is 0 Å². The van der Waals surface area contributed by atoms with Gasteiger partial charge < -0.3 is 10.0 Å². The van der Waals surface area contributed by atoms with Gasteiger partial charge >= 0.3 is 5.97 Å². The van der Waals surface area contributed by atoms with Gasteiger partial charge in [-0.25, -0.2) is 0 Å². The number of nitrogens with zero attached hydrogens (tertiary/aromatic N) is 1. The average molecular weight is 185 g/mol. The predicted molar refractivity (Wildman–Crippen MR) is 51.7 cm³/mol. The van der Waals surface area contributed by atoms with E-state index < -0.39 is 5.97 Å². The fourth-order valence-electron chi connectivity index (χ4n) is 2.22. The summed E-state index contributed by atoms with van der Waals surface area (Å²) in [7, 11) is 2.04. The second kappa shape index (κ2) is 4.61. The Kier molecular flexibility index (Phi) is 3.72. The van der Waals surface area contributed by atoms with E-state index in [1.807, 2.05) is 14.0 Å². The highest BCUT2D eigenvalue weighted by Crippen LogP contribution is 2.24. The zero-order valence-corrected chi connectivity index (χ0v) is 8.49. The van der Waals surface area contributed by atoms with Gasteiger partial charge in [-0.1, -0.05) is 13.3 Å². The number of carbonyl (C=O) groups is 1. The quantitative estimate of drug-likeness (QED) is 0.725. The van der Waals surface area contributed by atoms with Gasteiger partial charge in [-0.2, -0.15) is 0 Å². The minimum atomic E-state index is -0.638. The van der Waals surface area contributed by atoms with Crippen LogP contribution in [0.1, 0.15) is 32.6 Å². The second-order valence-corrected chi connectivity index (χ2v) is 3.90. The molecule has 13 heavy (non-hydrogen) atoms. The van der Waals surface area contributed by atoms with Gasteiger partial charge in [0.25, 0.3) is 0 Å². The summed E-state index contributed by atoms with van der Waals surface area (Å²) in [6.45, 7) is 3.01. The monoisotopic (exact) mass is 185 g/mol. The van der Waals surface area contributed by atoms with Crippen molar-refractivity contribution < 1.29 is 9.90 Å². The Morgan fingerprint density at radius 2 is 2.31 bits per heavy atom. The molecule has 3 heteroatoms. The van der Waals surface area contributed by atoms with Crippen molar-refractivity contribution in [2.75, 3.05) is 13.6 Å². The molecular formula is C10H19NO2. The van der Waals surface area contributed by atoms with E-state index in [0.29, 0.717) is 0 Å². The summed E-state index contributed by atoms with van der Waals surface area (Å²) in [5, 5.41) is 9.02. The number of hydrogen-bond donors (Lipinski definition) is 1. The van der Waals surface area contributed by atoms with Crippen LogP contribution >= 0.6 is 0 Å². The molecule has 1 heterocycles. The van der Waals surface area contributed by atoms with Crippen molar-refractivity contribution in [3.8, 4) is 0 Å². The van der Waals surface area contributed by atoms with E-state index in [0.717, 1.165) is 19.4 Å². The van der Waals surface area contributed by atoms with Gasteiger partial charge in [0.1, 0.15) is 0 Å². The minimum absolute atomic E-state index is 0.176. The predicted octanol–water partition coefficient (Wildman–Crippen LogP) is 1.58. The fourth-order valence-corrected chi connectivity index (χ4v) is 2.22. The van der Waals surface area contributed by atoms with Crippen molar-refractivity contribution in [2.24, 2.45) is 5.92 Å². The smallest absolute Gasteiger partial charge is 0.308 e. The van der Waals surface area contributed by atoms with Gasteiger partial charge in [0, 0.05) is 6.04 Å². The summed E-state index contributed by atoms with van der Waals surface area (Å²) in [5.41, 5.74) is 0. The molecule has 0 spiro atoms. The van der Waals surface area contributed by atoms with Crippen LogP contribution < -0.4 is 0 Å². The third-order valence-corrected chi connectivity index (χ3v) is 3.05. The van der Waals surface area contributed by atoms with Crippen molar-refractivity contribution in [3.05, 3.63) is 0 Å². The van der Waals surface area contributed by atoms with Gasteiger partial charge in [0.05, 0.1) is 5.92 Å². The topological polar surface area (TPSA) is 40.5 Å². The van der Waals surface area contributed by atoms with Crippen LogP contribution in [0.15, 0.2) is 0 Å². The zero-order valence-electron chi connectivity index (χ0n) is 8.49. The lowest BCUT2D eigenvalue weighted by atomic mass is 9.89. The van der Waals surface area contributed by atoms with Crippen LogP contribution in [0.2, 0.25) is 0 Å². The normalized spacial score (nSPS) is 27.1. The molecule has 1 aliphatic rings. The molecule has 1 aliphatic heterocycles. The number of carboxylic acid groups (broad SMARTS) is 1. The maximum atomic E-state index is 10.9. The average Bonchev–Trinajstić information content (AvgIpc) is 2.09. The van der Waals surface area contributed by atoms with Crippen molar-refractivity contribution in [2.45, 2.75) is 38.6 Å². The van der Waals surface area contributed by atoms with Gasteiger partial charge in [-0.05, 0) is 32.9 Å². The van der Waals surface area contributed by atoms with Crippen molar-refractivity contribution in [1.82, 2.24) is 4.90 Å². The number of aliphatic carboxylic acids is 1. The molecule has 0 bridgehead atoms. The molecule has 1 fully saturated rings. The fraction of sp³-hybridized carbons (Fsp3) is 0.900. The summed E-state index contributed by atoms with van der Waals surface area (Å²) in [4.78, 5) is 13.1. The molecule has 0 amide bonds. The first-order chi connectivity index (χ1) is 6.16. The Hall–Kier alpha value is -0.570.